The Kier molecular flexibility index (Phi) is 3.07. The smallest absolute Gasteiger partial charge is 0.137 e. The van der Waals surface area contributed by atoms with Gasteiger partial charge < -0.3 is 5.73 Å². The molecule has 2 N–H and O–H groups in total. The van der Waals surface area contributed by atoms with Crippen molar-refractivity contribution in [2.45, 2.75) is 6.04 Å². The van der Waals surface area contributed by atoms with Crippen LogP contribution in [0.25, 0.3) is 0 Å². The summed E-state index contributed by atoms with van der Waals surface area (Å²) in [5.74, 6) is -0.308. The maximum atomic E-state index is 13.3. The minimum atomic E-state index is -0.351. The highest BCUT2D eigenvalue weighted by molar-refractivity contribution is 9.10. The van der Waals surface area contributed by atoms with Crippen molar-refractivity contribution in [3.63, 3.8) is 0 Å². The first-order valence-corrected chi connectivity index (χ1v) is 5.56. The van der Waals surface area contributed by atoms with Crippen LogP contribution in [-0.2, 0) is 7.05 Å². The summed E-state index contributed by atoms with van der Waals surface area (Å²) in [5, 5.41) is 4.04. The summed E-state index contributed by atoms with van der Waals surface area (Å²) in [4.78, 5) is 0. The van der Waals surface area contributed by atoms with E-state index in [1.165, 1.54) is 6.07 Å². The van der Waals surface area contributed by atoms with Crippen molar-refractivity contribution in [1.82, 2.24) is 9.78 Å². The fraction of sp³-hybridized carbons (Fsp3) is 0.182. The first kappa shape index (κ1) is 11.3. The van der Waals surface area contributed by atoms with Crippen LogP contribution in [0, 0.1) is 5.82 Å². The summed E-state index contributed by atoms with van der Waals surface area (Å²) in [5.41, 5.74) is 7.61. The van der Waals surface area contributed by atoms with Crippen LogP contribution < -0.4 is 5.73 Å². The van der Waals surface area contributed by atoms with E-state index in [0.717, 1.165) is 11.1 Å². The van der Waals surface area contributed by atoms with Crippen LogP contribution in [-0.4, -0.2) is 9.78 Å². The molecule has 1 unspecified atom stereocenters. The Morgan fingerprint density at radius 1 is 1.44 bits per heavy atom. The number of aryl methyl sites for hydroxylation is 1. The van der Waals surface area contributed by atoms with Gasteiger partial charge in [0.25, 0.3) is 0 Å². The van der Waals surface area contributed by atoms with Crippen molar-refractivity contribution in [2.24, 2.45) is 12.8 Å². The van der Waals surface area contributed by atoms with E-state index < -0.39 is 0 Å². The fourth-order valence-electron chi connectivity index (χ4n) is 1.50. The molecule has 1 aromatic heterocycles. The van der Waals surface area contributed by atoms with E-state index in [1.807, 2.05) is 13.2 Å². The summed E-state index contributed by atoms with van der Waals surface area (Å²) in [6, 6.07) is 4.53. The van der Waals surface area contributed by atoms with Gasteiger partial charge >= 0.3 is 0 Å². The number of benzene rings is 1. The summed E-state index contributed by atoms with van der Waals surface area (Å²) >= 11 is 3.11. The van der Waals surface area contributed by atoms with Gasteiger partial charge in [-0.15, -0.1) is 0 Å². The van der Waals surface area contributed by atoms with Gasteiger partial charge in [0.2, 0.25) is 0 Å². The highest BCUT2D eigenvalue weighted by Gasteiger charge is 2.12. The minimum Gasteiger partial charge on any atom is -0.320 e. The molecule has 0 fully saturated rings. The van der Waals surface area contributed by atoms with Crippen molar-refractivity contribution in [2.75, 3.05) is 0 Å². The van der Waals surface area contributed by atoms with Gasteiger partial charge in [-0.05, 0) is 33.6 Å². The lowest BCUT2D eigenvalue weighted by Crippen LogP contribution is -2.11. The molecular weight excluding hydrogens is 273 g/mol. The number of hydrogen-bond acceptors (Lipinski definition) is 2. The lowest BCUT2D eigenvalue weighted by molar-refractivity contribution is 0.617. The van der Waals surface area contributed by atoms with Crippen LogP contribution in [0.15, 0.2) is 35.1 Å². The normalized spacial score (nSPS) is 12.8. The van der Waals surface area contributed by atoms with Crippen LogP contribution in [0.3, 0.4) is 0 Å². The minimum absolute atomic E-state index is 0.308. The Bertz CT molecular complexity index is 510. The van der Waals surface area contributed by atoms with Crippen molar-refractivity contribution >= 4 is 15.9 Å². The molecule has 0 saturated carbocycles. The number of halogens is 2. The Morgan fingerprint density at radius 2 is 2.19 bits per heavy atom. The average Bonchev–Trinajstić information content (AvgIpc) is 2.68. The third-order valence-electron chi connectivity index (χ3n) is 2.39. The zero-order chi connectivity index (χ0) is 11.7. The molecule has 0 aliphatic carbocycles. The molecule has 0 spiro atoms. The van der Waals surface area contributed by atoms with Gasteiger partial charge in [-0.2, -0.15) is 5.10 Å². The standard InChI is InChI=1S/C11H11BrFN3/c1-16-6-8(5-15-16)11(14)7-2-3-9(12)10(13)4-7/h2-6,11H,14H2,1H3. The van der Waals surface area contributed by atoms with Gasteiger partial charge in [0, 0.05) is 18.8 Å². The molecule has 0 amide bonds. The molecule has 1 aromatic carbocycles. The van der Waals surface area contributed by atoms with Crippen LogP contribution in [0.4, 0.5) is 4.39 Å². The van der Waals surface area contributed by atoms with Gasteiger partial charge in [0.15, 0.2) is 0 Å². The second-order valence-corrected chi connectivity index (χ2v) is 4.45. The fourth-order valence-corrected chi connectivity index (χ4v) is 1.75. The monoisotopic (exact) mass is 283 g/mol. The largest absolute Gasteiger partial charge is 0.320 e. The number of aromatic nitrogens is 2. The summed E-state index contributed by atoms with van der Waals surface area (Å²) < 4.78 is 15.4. The molecular formula is C11H11BrFN3. The SMILES string of the molecule is Cn1cc(C(N)c2ccc(Br)c(F)c2)cn1. The summed E-state index contributed by atoms with van der Waals surface area (Å²) in [7, 11) is 1.82. The molecule has 3 nitrogen and oxygen atoms in total. The van der Waals surface area contributed by atoms with Crippen molar-refractivity contribution in [3.8, 4) is 0 Å². The van der Waals surface area contributed by atoms with Gasteiger partial charge in [0.1, 0.15) is 5.82 Å². The lowest BCUT2D eigenvalue weighted by Gasteiger charge is -2.10. The van der Waals surface area contributed by atoms with E-state index in [2.05, 4.69) is 21.0 Å². The molecule has 2 aromatic rings. The highest BCUT2D eigenvalue weighted by atomic mass is 79.9. The van der Waals surface area contributed by atoms with Crippen LogP contribution >= 0.6 is 15.9 Å². The zero-order valence-corrected chi connectivity index (χ0v) is 10.3. The first-order chi connectivity index (χ1) is 7.58. The van der Waals surface area contributed by atoms with Crippen molar-refractivity contribution in [1.29, 1.82) is 0 Å². The van der Waals surface area contributed by atoms with Gasteiger partial charge in [-0.25, -0.2) is 4.39 Å². The molecule has 5 heteroatoms. The van der Waals surface area contributed by atoms with Crippen LogP contribution in [0.1, 0.15) is 17.2 Å². The molecule has 84 valence electrons. The molecule has 0 aliphatic heterocycles. The number of nitrogens with zero attached hydrogens (tertiary/aromatic N) is 2. The lowest BCUT2D eigenvalue weighted by atomic mass is 10.0. The van der Waals surface area contributed by atoms with Crippen LogP contribution in [0.5, 0.6) is 0 Å². The maximum Gasteiger partial charge on any atom is 0.137 e. The molecule has 0 aliphatic rings. The Morgan fingerprint density at radius 3 is 2.75 bits per heavy atom. The maximum absolute atomic E-state index is 13.3. The van der Waals surface area contributed by atoms with Crippen molar-refractivity contribution in [3.05, 3.63) is 52.0 Å². The van der Waals surface area contributed by atoms with E-state index in [0.29, 0.717) is 4.47 Å². The van der Waals surface area contributed by atoms with E-state index >= 15 is 0 Å². The second-order valence-electron chi connectivity index (χ2n) is 3.60. The molecule has 16 heavy (non-hydrogen) atoms. The third kappa shape index (κ3) is 2.15. The zero-order valence-electron chi connectivity index (χ0n) is 8.69. The Labute approximate surface area is 101 Å². The summed E-state index contributed by atoms with van der Waals surface area (Å²) in [6.07, 6.45) is 3.51. The van der Waals surface area contributed by atoms with Gasteiger partial charge in [0.05, 0.1) is 16.7 Å². The molecule has 1 atom stereocenters. The Balaban J connectivity index is 2.33. The molecule has 2 rings (SSSR count). The molecule has 0 radical (unpaired) electrons. The second kappa shape index (κ2) is 4.35. The quantitative estimate of drug-likeness (QED) is 0.920. The highest BCUT2D eigenvalue weighted by Crippen LogP contribution is 2.23. The first-order valence-electron chi connectivity index (χ1n) is 4.77. The predicted molar refractivity (Wildman–Crippen MR) is 63.3 cm³/mol. The van der Waals surface area contributed by atoms with E-state index in [1.54, 1.807) is 23.0 Å². The van der Waals surface area contributed by atoms with Crippen LogP contribution in [0.2, 0.25) is 0 Å². The van der Waals surface area contributed by atoms with E-state index in [-0.39, 0.29) is 11.9 Å². The molecule has 0 bridgehead atoms. The van der Waals surface area contributed by atoms with E-state index in [4.69, 9.17) is 5.73 Å². The average molecular weight is 284 g/mol. The van der Waals surface area contributed by atoms with E-state index in [9.17, 15) is 4.39 Å². The van der Waals surface area contributed by atoms with Gasteiger partial charge in [-0.1, -0.05) is 6.07 Å². The predicted octanol–water partition coefficient (Wildman–Crippen LogP) is 2.37. The third-order valence-corrected chi connectivity index (χ3v) is 3.03. The van der Waals surface area contributed by atoms with Gasteiger partial charge in [-0.3, -0.25) is 4.68 Å². The Hall–Kier alpha value is -1.20. The molecule has 1 heterocycles. The number of nitrogens with two attached hydrogens (primary N) is 1. The molecule has 0 saturated heterocycles. The number of hydrogen-bond donors (Lipinski definition) is 1. The number of rotatable bonds is 2. The van der Waals surface area contributed by atoms with Crippen molar-refractivity contribution < 1.29 is 4.39 Å². The topological polar surface area (TPSA) is 43.8 Å². The summed E-state index contributed by atoms with van der Waals surface area (Å²) in [6.45, 7) is 0.